The van der Waals surface area contributed by atoms with Crippen LogP contribution in [0.4, 0.5) is 0 Å². The second-order valence-electron chi connectivity index (χ2n) is 4.61. The van der Waals surface area contributed by atoms with Crippen molar-refractivity contribution in [2.45, 2.75) is 19.4 Å². The van der Waals surface area contributed by atoms with E-state index in [0.717, 1.165) is 16.5 Å². The van der Waals surface area contributed by atoms with Crippen molar-refractivity contribution in [2.24, 2.45) is 5.92 Å². The van der Waals surface area contributed by atoms with E-state index in [2.05, 4.69) is 16.4 Å². The number of rotatable bonds is 5. The molecule has 2 aromatic rings. The number of carboxylic acid groups (broad SMARTS) is 1. The molecule has 3 N–H and O–H groups in total. The van der Waals surface area contributed by atoms with Gasteiger partial charge < -0.3 is 15.4 Å². The third-order valence-electron chi connectivity index (χ3n) is 3.36. The fourth-order valence-corrected chi connectivity index (χ4v) is 2.24. The van der Waals surface area contributed by atoms with Crippen molar-refractivity contribution in [3.05, 3.63) is 36.0 Å². The summed E-state index contributed by atoms with van der Waals surface area (Å²) in [5, 5.41) is 13.3. The van der Waals surface area contributed by atoms with Gasteiger partial charge in [-0.05, 0) is 25.1 Å². The maximum Gasteiger partial charge on any atom is 0.306 e. The third-order valence-corrected chi connectivity index (χ3v) is 3.36. The molecule has 0 amide bonds. The second-order valence-corrected chi connectivity index (χ2v) is 4.61. The van der Waals surface area contributed by atoms with E-state index >= 15 is 0 Å². The summed E-state index contributed by atoms with van der Waals surface area (Å²) in [6.45, 7) is 1.74. The Morgan fingerprint density at radius 2 is 2.17 bits per heavy atom. The molecule has 0 spiro atoms. The van der Waals surface area contributed by atoms with Crippen molar-refractivity contribution in [3.8, 4) is 0 Å². The Morgan fingerprint density at radius 1 is 1.44 bits per heavy atom. The molecule has 2 unspecified atom stereocenters. The minimum absolute atomic E-state index is 0.0484. The summed E-state index contributed by atoms with van der Waals surface area (Å²) in [6, 6.07) is 8.10. The van der Waals surface area contributed by atoms with Gasteiger partial charge in [0.05, 0.1) is 5.92 Å². The molecule has 4 nitrogen and oxygen atoms in total. The van der Waals surface area contributed by atoms with E-state index in [9.17, 15) is 4.79 Å². The number of H-pyrrole nitrogens is 1. The summed E-state index contributed by atoms with van der Waals surface area (Å²) in [5.41, 5.74) is 2.21. The molecule has 1 aromatic carbocycles. The predicted molar refractivity (Wildman–Crippen MR) is 71.5 cm³/mol. The molecule has 0 aliphatic heterocycles. The number of aromatic amines is 1. The number of aliphatic carboxylic acids is 1. The maximum atomic E-state index is 10.9. The van der Waals surface area contributed by atoms with Crippen LogP contribution < -0.4 is 5.32 Å². The summed E-state index contributed by atoms with van der Waals surface area (Å²) >= 11 is 0. The number of hydrogen-bond acceptors (Lipinski definition) is 2. The first kappa shape index (κ1) is 12.6. The van der Waals surface area contributed by atoms with E-state index in [1.54, 1.807) is 6.92 Å². The van der Waals surface area contributed by atoms with Gasteiger partial charge in [-0.2, -0.15) is 0 Å². The fourth-order valence-electron chi connectivity index (χ4n) is 2.24. The number of benzene rings is 1. The maximum absolute atomic E-state index is 10.9. The summed E-state index contributed by atoms with van der Waals surface area (Å²) in [4.78, 5) is 14.2. The van der Waals surface area contributed by atoms with Gasteiger partial charge in [-0.3, -0.25) is 4.79 Å². The number of hydrogen-bond donors (Lipinski definition) is 3. The van der Waals surface area contributed by atoms with Crippen LogP contribution in [0, 0.1) is 5.92 Å². The zero-order valence-electron chi connectivity index (χ0n) is 10.6. The summed E-state index contributed by atoms with van der Waals surface area (Å²) in [6.07, 6.45) is 2.54. The normalized spacial score (nSPS) is 14.6. The van der Waals surface area contributed by atoms with Crippen LogP contribution in [0.2, 0.25) is 0 Å². The number of carbonyl (C=O) groups is 1. The molecule has 0 bridgehead atoms. The Bertz CT molecular complexity index is 547. The number of para-hydroxylation sites is 1. The van der Waals surface area contributed by atoms with Gasteiger partial charge in [0.2, 0.25) is 0 Å². The summed E-state index contributed by atoms with van der Waals surface area (Å²) in [5.74, 6) is -1.12. The van der Waals surface area contributed by atoms with Gasteiger partial charge in [-0.25, -0.2) is 0 Å². The van der Waals surface area contributed by atoms with E-state index in [4.69, 9.17) is 5.11 Å². The molecule has 0 aliphatic rings. The second kappa shape index (κ2) is 5.23. The molecule has 4 heteroatoms. The molecule has 1 heterocycles. The largest absolute Gasteiger partial charge is 0.481 e. The average molecular weight is 246 g/mol. The van der Waals surface area contributed by atoms with E-state index in [1.807, 2.05) is 31.4 Å². The highest BCUT2D eigenvalue weighted by Crippen LogP contribution is 2.28. The molecule has 2 atom stereocenters. The van der Waals surface area contributed by atoms with Gasteiger partial charge >= 0.3 is 5.97 Å². The van der Waals surface area contributed by atoms with Crippen LogP contribution in [0.25, 0.3) is 10.9 Å². The van der Waals surface area contributed by atoms with E-state index < -0.39 is 5.97 Å². The Labute approximate surface area is 106 Å². The smallest absolute Gasteiger partial charge is 0.306 e. The molecule has 0 aliphatic carbocycles. The number of aromatic nitrogens is 1. The molecule has 0 fully saturated rings. The molecule has 1 aromatic heterocycles. The van der Waals surface area contributed by atoms with Crippen molar-refractivity contribution in [3.63, 3.8) is 0 Å². The number of fused-ring (bicyclic) bond motifs is 1. The quantitative estimate of drug-likeness (QED) is 0.759. The molecular formula is C14H18N2O2. The average Bonchev–Trinajstić information content (AvgIpc) is 2.79. The van der Waals surface area contributed by atoms with E-state index in [0.29, 0.717) is 6.42 Å². The van der Waals surface area contributed by atoms with Gasteiger partial charge in [0, 0.05) is 23.1 Å². The van der Waals surface area contributed by atoms with Crippen molar-refractivity contribution >= 4 is 16.9 Å². The van der Waals surface area contributed by atoms with Crippen LogP contribution in [0.1, 0.15) is 24.9 Å². The molecule has 18 heavy (non-hydrogen) atoms. The lowest BCUT2D eigenvalue weighted by molar-refractivity contribution is -0.141. The van der Waals surface area contributed by atoms with Gasteiger partial charge in [0.25, 0.3) is 0 Å². The van der Waals surface area contributed by atoms with Crippen molar-refractivity contribution < 1.29 is 9.90 Å². The van der Waals surface area contributed by atoms with Crippen LogP contribution >= 0.6 is 0 Å². The monoisotopic (exact) mass is 246 g/mol. The van der Waals surface area contributed by atoms with Crippen molar-refractivity contribution in [1.82, 2.24) is 10.3 Å². The van der Waals surface area contributed by atoms with Crippen LogP contribution in [0.3, 0.4) is 0 Å². The first-order valence-corrected chi connectivity index (χ1v) is 6.09. The topological polar surface area (TPSA) is 65.1 Å². The summed E-state index contributed by atoms with van der Waals surface area (Å²) in [7, 11) is 1.86. The Hall–Kier alpha value is -1.81. The minimum atomic E-state index is -0.755. The Balaban J connectivity index is 2.30. The first-order valence-electron chi connectivity index (χ1n) is 6.09. The molecule has 2 rings (SSSR count). The number of carboxylic acids is 1. The third kappa shape index (κ3) is 2.38. The lowest BCUT2D eigenvalue weighted by Crippen LogP contribution is -2.22. The molecule has 96 valence electrons. The Morgan fingerprint density at radius 3 is 2.83 bits per heavy atom. The lowest BCUT2D eigenvalue weighted by Gasteiger charge is -2.18. The van der Waals surface area contributed by atoms with E-state index in [-0.39, 0.29) is 12.0 Å². The lowest BCUT2D eigenvalue weighted by atomic mass is 9.96. The molecular weight excluding hydrogens is 228 g/mol. The zero-order valence-corrected chi connectivity index (χ0v) is 10.6. The van der Waals surface area contributed by atoms with Crippen LogP contribution in [0.5, 0.6) is 0 Å². The molecule has 0 saturated heterocycles. The Kier molecular flexibility index (Phi) is 3.67. The van der Waals surface area contributed by atoms with Crippen molar-refractivity contribution in [2.75, 3.05) is 7.05 Å². The number of nitrogens with one attached hydrogen (secondary N) is 2. The minimum Gasteiger partial charge on any atom is -0.481 e. The predicted octanol–water partition coefficient (Wildman–Crippen LogP) is 2.54. The molecule has 0 radical (unpaired) electrons. The van der Waals surface area contributed by atoms with Gasteiger partial charge in [0.1, 0.15) is 0 Å². The van der Waals surface area contributed by atoms with E-state index in [1.165, 1.54) is 0 Å². The van der Waals surface area contributed by atoms with Crippen LogP contribution in [-0.2, 0) is 4.79 Å². The van der Waals surface area contributed by atoms with Gasteiger partial charge in [-0.1, -0.05) is 25.1 Å². The summed E-state index contributed by atoms with van der Waals surface area (Å²) < 4.78 is 0. The van der Waals surface area contributed by atoms with Crippen LogP contribution in [-0.4, -0.2) is 23.1 Å². The zero-order chi connectivity index (χ0) is 13.1. The highest BCUT2D eigenvalue weighted by atomic mass is 16.4. The SMILES string of the molecule is CNC(CC(C)C(=O)O)c1c[nH]c2ccccc12. The highest BCUT2D eigenvalue weighted by Gasteiger charge is 2.20. The van der Waals surface area contributed by atoms with Gasteiger partial charge in [-0.15, -0.1) is 0 Å². The highest BCUT2D eigenvalue weighted by molar-refractivity contribution is 5.83. The molecule has 0 saturated carbocycles. The van der Waals surface area contributed by atoms with Crippen LogP contribution in [0.15, 0.2) is 30.5 Å². The van der Waals surface area contributed by atoms with Crippen molar-refractivity contribution in [1.29, 1.82) is 0 Å². The first-order chi connectivity index (χ1) is 8.63. The fraction of sp³-hybridized carbons (Fsp3) is 0.357. The standard InChI is InChI=1S/C14H18N2O2/c1-9(14(17)18)7-13(15-2)11-8-16-12-6-4-3-5-10(11)12/h3-6,8-9,13,15-16H,7H2,1-2H3,(H,17,18). The van der Waals surface area contributed by atoms with Gasteiger partial charge in [0.15, 0.2) is 0 Å².